The zero-order chi connectivity index (χ0) is 14.8. The summed E-state index contributed by atoms with van der Waals surface area (Å²) in [6.07, 6.45) is -4.29. The summed E-state index contributed by atoms with van der Waals surface area (Å²) in [6.45, 7) is 0.606. The Bertz CT molecular complexity index is 500. The molecular formula is C14H17F3N2O. The summed E-state index contributed by atoms with van der Waals surface area (Å²) < 4.78 is 36.9. The fourth-order valence-electron chi connectivity index (χ4n) is 2.43. The average Bonchev–Trinajstić information content (AvgIpc) is 2.39. The lowest BCUT2D eigenvalue weighted by Gasteiger charge is -2.21. The van der Waals surface area contributed by atoms with Gasteiger partial charge in [0.05, 0.1) is 0 Å². The number of carbonyl (C=O) groups excluding carboxylic acids is 1. The topological polar surface area (TPSA) is 41.1 Å². The van der Waals surface area contributed by atoms with Gasteiger partial charge >= 0.3 is 6.18 Å². The molecule has 2 N–H and O–H groups in total. The van der Waals surface area contributed by atoms with E-state index in [-0.39, 0.29) is 12.3 Å². The summed E-state index contributed by atoms with van der Waals surface area (Å²) in [5.41, 5.74) is 2.23. The number of nitrogens with one attached hydrogen (secondary N) is 2. The molecule has 1 aromatic carbocycles. The third-order valence-corrected chi connectivity index (χ3v) is 3.53. The molecule has 110 valence electrons. The first kappa shape index (κ1) is 14.8. The van der Waals surface area contributed by atoms with Gasteiger partial charge in [0.2, 0.25) is 0 Å². The highest BCUT2D eigenvalue weighted by molar-refractivity contribution is 5.96. The molecule has 1 heterocycles. The third-order valence-electron chi connectivity index (χ3n) is 3.53. The molecule has 0 saturated heterocycles. The molecule has 1 amide bonds. The van der Waals surface area contributed by atoms with Crippen molar-refractivity contribution in [1.29, 1.82) is 0 Å². The van der Waals surface area contributed by atoms with E-state index in [9.17, 15) is 18.0 Å². The summed E-state index contributed by atoms with van der Waals surface area (Å²) in [6, 6.07) is 4.93. The number of hydrogen-bond donors (Lipinski definition) is 2. The van der Waals surface area contributed by atoms with E-state index in [0.717, 1.165) is 12.0 Å². The van der Waals surface area contributed by atoms with E-state index < -0.39 is 18.6 Å². The van der Waals surface area contributed by atoms with Crippen LogP contribution in [0.15, 0.2) is 18.2 Å². The summed E-state index contributed by atoms with van der Waals surface area (Å²) in [5, 5.41) is 5.62. The molecule has 0 bridgehead atoms. The quantitative estimate of drug-likeness (QED) is 0.893. The van der Waals surface area contributed by atoms with Crippen molar-refractivity contribution in [3.05, 3.63) is 34.9 Å². The minimum atomic E-state index is -4.17. The Balaban J connectivity index is 2.18. The van der Waals surface area contributed by atoms with Crippen molar-refractivity contribution < 1.29 is 18.0 Å². The Kier molecular flexibility index (Phi) is 4.32. The molecule has 2 rings (SSSR count). The molecule has 0 aliphatic carbocycles. The van der Waals surface area contributed by atoms with Gasteiger partial charge in [0, 0.05) is 24.6 Å². The van der Waals surface area contributed by atoms with Crippen LogP contribution in [0.1, 0.15) is 40.4 Å². The van der Waals surface area contributed by atoms with E-state index in [1.807, 2.05) is 6.07 Å². The predicted octanol–water partition coefficient (Wildman–Crippen LogP) is 2.58. The maximum absolute atomic E-state index is 12.3. The lowest BCUT2D eigenvalue weighted by atomic mass is 9.93. The normalized spacial score (nSPS) is 16.5. The van der Waals surface area contributed by atoms with Gasteiger partial charge in [-0.15, -0.1) is 0 Å². The molecule has 6 heteroatoms. The van der Waals surface area contributed by atoms with Crippen LogP contribution >= 0.6 is 0 Å². The zero-order valence-electron chi connectivity index (χ0n) is 11.2. The van der Waals surface area contributed by atoms with Crippen LogP contribution in [0.2, 0.25) is 0 Å². The van der Waals surface area contributed by atoms with Crippen molar-refractivity contribution in [1.82, 2.24) is 10.6 Å². The monoisotopic (exact) mass is 286 g/mol. The van der Waals surface area contributed by atoms with Crippen molar-refractivity contribution in [3.63, 3.8) is 0 Å². The summed E-state index contributed by atoms with van der Waals surface area (Å²) >= 11 is 0. The fourth-order valence-corrected chi connectivity index (χ4v) is 2.43. The second kappa shape index (κ2) is 5.83. The van der Waals surface area contributed by atoms with Crippen LogP contribution < -0.4 is 10.6 Å². The Morgan fingerprint density at radius 2 is 2.15 bits per heavy atom. The van der Waals surface area contributed by atoms with Crippen LogP contribution in [0.5, 0.6) is 0 Å². The molecule has 3 nitrogen and oxygen atoms in total. The zero-order valence-corrected chi connectivity index (χ0v) is 11.2. The van der Waals surface area contributed by atoms with Crippen LogP contribution in [0.4, 0.5) is 13.2 Å². The fraction of sp³-hybridized carbons (Fsp3) is 0.500. The van der Waals surface area contributed by atoms with Gasteiger partial charge in [-0.3, -0.25) is 4.79 Å². The van der Waals surface area contributed by atoms with E-state index in [0.29, 0.717) is 17.7 Å². The Labute approximate surface area is 115 Å². The smallest absolute Gasteiger partial charge is 0.352 e. The summed E-state index contributed by atoms with van der Waals surface area (Å²) in [7, 11) is 1.63. The number of benzene rings is 1. The maximum atomic E-state index is 12.3. The number of fused-ring (bicyclic) bond motifs is 1. The highest BCUT2D eigenvalue weighted by atomic mass is 19.4. The number of alkyl halides is 3. The van der Waals surface area contributed by atoms with Gasteiger partial charge in [-0.05, 0) is 37.1 Å². The van der Waals surface area contributed by atoms with E-state index in [1.54, 1.807) is 19.2 Å². The van der Waals surface area contributed by atoms with Gasteiger partial charge < -0.3 is 10.6 Å². The van der Waals surface area contributed by atoms with Crippen molar-refractivity contribution in [2.24, 2.45) is 0 Å². The number of rotatable bonds is 4. The Hall–Kier alpha value is -1.56. The largest absolute Gasteiger partial charge is 0.389 e. The maximum Gasteiger partial charge on any atom is 0.389 e. The van der Waals surface area contributed by atoms with Crippen molar-refractivity contribution in [2.75, 3.05) is 13.6 Å². The number of hydrogen-bond acceptors (Lipinski definition) is 2. The van der Waals surface area contributed by atoms with E-state index >= 15 is 0 Å². The van der Waals surface area contributed by atoms with Crippen molar-refractivity contribution in [2.45, 2.75) is 31.5 Å². The lowest BCUT2D eigenvalue weighted by Crippen LogP contribution is -2.32. The summed E-state index contributed by atoms with van der Waals surface area (Å²) in [4.78, 5) is 11.8. The van der Waals surface area contributed by atoms with Crippen molar-refractivity contribution >= 4 is 5.91 Å². The number of halogens is 3. The second-order valence-corrected chi connectivity index (χ2v) is 4.92. The molecule has 1 aliphatic rings. The van der Waals surface area contributed by atoms with Gasteiger partial charge in [0.25, 0.3) is 5.91 Å². The molecule has 1 aromatic rings. The van der Waals surface area contributed by atoms with Gasteiger partial charge in [-0.2, -0.15) is 13.2 Å². The van der Waals surface area contributed by atoms with Crippen LogP contribution in [0.3, 0.4) is 0 Å². The van der Waals surface area contributed by atoms with E-state index in [2.05, 4.69) is 10.6 Å². The van der Waals surface area contributed by atoms with Gasteiger partial charge in [-0.25, -0.2) is 0 Å². The Morgan fingerprint density at radius 1 is 1.40 bits per heavy atom. The molecule has 0 spiro atoms. The molecular weight excluding hydrogens is 269 g/mol. The third kappa shape index (κ3) is 3.50. The SMILES string of the molecule is CNC(CCC(F)(F)F)c1ccc2c(c1)C(=O)NCC2. The highest BCUT2D eigenvalue weighted by Crippen LogP contribution is 2.28. The Morgan fingerprint density at radius 3 is 2.80 bits per heavy atom. The molecule has 0 aromatic heterocycles. The molecule has 1 aliphatic heterocycles. The van der Waals surface area contributed by atoms with Crippen LogP contribution in [0, 0.1) is 0 Å². The first-order chi connectivity index (χ1) is 9.40. The molecule has 0 saturated carbocycles. The first-order valence-electron chi connectivity index (χ1n) is 6.56. The van der Waals surface area contributed by atoms with Gasteiger partial charge in [-0.1, -0.05) is 12.1 Å². The second-order valence-electron chi connectivity index (χ2n) is 4.92. The highest BCUT2D eigenvalue weighted by Gasteiger charge is 2.28. The minimum absolute atomic E-state index is 0.0413. The molecule has 0 fully saturated rings. The lowest BCUT2D eigenvalue weighted by molar-refractivity contribution is -0.136. The molecule has 1 unspecified atom stereocenters. The van der Waals surface area contributed by atoms with Crippen LogP contribution in [-0.2, 0) is 6.42 Å². The van der Waals surface area contributed by atoms with Crippen LogP contribution in [-0.4, -0.2) is 25.7 Å². The summed E-state index contributed by atoms with van der Waals surface area (Å²) in [5.74, 6) is -0.154. The van der Waals surface area contributed by atoms with E-state index in [4.69, 9.17) is 0 Å². The minimum Gasteiger partial charge on any atom is -0.352 e. The van der Waals surface area contributed by atoms with Gasteiger partial charge in [0.1, 0.15) is 0 Å². The number of carbonyl (C=O) groups is 1. The molecule has 20 heavy (non-hydrogen) atoms. The molecule has 1 atom stereocenters. The van der Waals surface area contributed by atoms with E-state index in [1.165, 1.54) is 0 Å². The first-order valence-corrected chi connectivity index (χ1v) is 6.56. The van der Waals surface area contributed by atoms with Crippen molar-refractivity contribution in [3.8, 4) is 0 Å². The standard InChI is InChI=1S/C14H17F3N2O/c1-18-12(4-6-14(15,16)17)10-3-2-9-5-7-19-13(20)11(9)8-10/h2-3,8,12,18H,4-7H2,1H3,(H,19,20). The predicted molar refractivity (Wildman–Crippen MR) is 69.6 cm³/mol. The number of amides is 1. The average molecular weight is 286 g/mol. The van der Waals surface area contributed by atoms with Crippen LogP contribution in [0.25, 0.3) is 0 Å². The molecule has 0 radical (unpaired) electrons. The van der Waals surface area contributed by atoms with Gasteiger partial charge in [0.15, 0.2) is 0 Å².